The molecule has 0 aromatic heterocycles. The van der Waals surface area contributed by atoms with E-state index in [4.69, 9.17) is 14.2 Å². The second-order valence-corrected chi connectivity index (χ2v) is 17.3. The van der Waals surface area contributed by atoms with Crippen molar-refractivity contribution in [2.75, 3.05) is 13.2 Å². The first-order valence-corrected chi connectivity index (χ1v) is 23.7. The molecular weight excluding hydrogens is 673 g/mol. The summed E-state index contributed by atoms with van der Waals surface area (Å²) in [4.78, 5) is 37.7. The van der Waals surface area contributed by atoms with E-state index in [9.17, 15) is 14.4 Å². The Morgan fingerprint density at radius 2 is 0.611 bits per heavy atom. The van der Waals surface area contributed by atoms with Crippen molar-refractivity contribution in [3.63, 3.8) is 0 Å². The summed E-state index contributed by atoms with van der Waals surface area (Å²) in [5, 5.41) is 0. The van der Waals surface area contributed by atoms with E-state index < -0.39 is 6.10 Å². The average Bonchev–Trinajstić information content (AvgIpc) is 3.14. The number of carbonyl (C=O) groups excluding carboxylic acids is 3. The average molecular weight is 765 g/mol. The van der Waals surface area contributed by atoms with E-state index in [1.165, 1.54) is 148 Å². The summed E-state index contributed by atoms with van der Waals surface area (Å²) in [5.41, 5.74) is 0. The van der Waals surface area contributed by atoms with Crippen LogP contribution < -0.4 is 0 Å². The Kier molecular flexibility index (Phi) is 39.8. The number of unbranched alkanes of at least 4 members (excludes halogenated alkanes) is 27. The van der Waals surface area contributed by atoms with Gasteiger partial charge in [0.05, 0.1) is 0 Å². The number of carbonyl (C=O) groups is 3. The van der Waals surface area contributed by atoms with Gasteiger partial charge in [-0.05, 0) is 31.1 Å². The number of rotatable bonds is 42. The molecule has 0 spiro atoms. The minimum Gasteiger partial charge on any atom is -0.462 e. The van der Waals surface area contributed by atoms with Crippen LogP contribution in [-0.2, 0) is 28.6 Å². The Morgan fingerprint density at radius 3 is 0.907 bits per heavy atom. The van der Waals surface area contributed by atoms with Crippen molar-refractivity contribution in [3.05, 3.63) is 0 Å². The van der Waals surface area contributed by atoms with Gasteiger partial charge in [0.1, 0.15) is 13.2 Å². The lowest BCUT2D eigenvalue weighted by Gasteiger charge is -2.18. The molecule has 0 aromatic carbocycles. The van der Waals surface area contributed by atoms with Crippen molar-refractivity contribution in [1.82, 2.24) is 0 Å². The van der Waals surface area contributed by atoms with Crippen LogP contribution in [0.2, 0.25) is 0 Å². The molecule has 320 valence electrons. The largest absolute Gasteiger partial charge is 0.462 e. The Balaban J connectivity index is 4.25. The standard InChI is InChI=1S/C48H92O6/c1-6-7-8-9-21-28-33-38-46(49)52-41-45(54-48(51)40-35-30-25-20-16-12-14-18-23-27-32-37-44(4)5)42-53-47(50)39-34-29-24-19-15-11-10-13-17-22-26-31-36-43(2)3/h43-45H,6-42H2,1-5H3/t45-/m1/s1. The molecule has 0 aromatic rings. The topological polar surface area (TPSA) is 78.9 Å². The SMILES string of the molecule is CCCCCCCCCC(=O)OC[C@H](COC(=O)CCCCCCCCCCCCCCC(C)C)OC(=O)CCCCCCCCCCCCCC(C)C. The molecule has 0 saturated heterocycles. The maximum atomic E-state index is 12.7. The van der Waals surface area contributed by atoms with Crippen LogP contribution in [0.1, 0.15) is 259 Å². The molecular formula is C48H92O6. The van der Waals surface area contributed by atoms with Crippen LogP contribution in [-0.4, -0.2) is 37.2 Å². The van der Waals surface area contributed by atoms with Gasteiger partial charge in [0.2, 0.25) is 0 Å². The maximum absolute atomic E-state index is 12.7. The summed E-state index contributed by atoms with van der Waals surface area (Å²) >= 11 is 0. The first kappa shape index (κ1) is 52.4. The molecule has 6 heteroatoms. The van der Waals surface area contributed by atoms with Crippen LogP contribution in [0.5, 0.6) is 0 Å². The van der Waals surface area contributed by atoms with E-state index in [1.54, 1.807) is 0 Å². The van der Waals surface area contributed by atoms with Crippen LogP contribution in [0.4, 0.5) is 0 Å². The molecule has 0 amide bonds. The third-order valence-electron chi connectivity index (χ3n) is 10.7. The minimum absolute atomic E-state index is 0.0647. The Morgan fingerprint density at radius 1 is 0.352 bits per heavy atom. The highest BCUT2D eigenvalue weighted by Crippen LogP contribution is 2.17. The molecule has 54 heavy (non-hydrogen) atoms. The lowest BCUT2D eigenvalue weighted by molar-refractivity contribution is -0.167. The maximum Gasteiger partial charge on any atom is 0.306 e. The van der Waals surface area contributed by atoms with Gasteiger partial charge in [-0.25, -0.2) is 0 Å². The summed E-state index contributed by atoms with van der Waals surface area (Å²) in [6.45, 7) is 11.3. The van der Waals surface area contributed by atoms with Crippen molar-refractivity contribution >= 4 is 17.9 Å². The number of hydrogen-bond acceptors (Lipinski definition) is 6. The fourth-order valence-corrected chi connectivity index (χ4v) is 7.11. The molecule has 6 nitrogen and oxygen atoms in total. The van der Waals surface area contributed by atoms with E-state index in [0.717, 1.165) is 69.6 Å². The van der Waals surface area contributed by atoms with Gasteiger partial charge >= 0.3 is 17.9 Å². The lowest BCUT2D eigenvalue weighted by Crippen LogP contribution is -2.30. The van der Waals surface area contributed by atoms with Crippen molar-refractivity contribution in [2.24, 2.45) is 11.8 Å². The smallest absolute Gasteiger partial charge is 0.306 e. The van der Waals surface area contributed by atoms with Gasteiger partial charge < -0.3 is 14.2 Å². The van der Waals surface area contributed by atoms with Crippen LogP contribution >= 0.6 is 0 Å². The van der Waals surface area contributed by atoms with Gasteiger partial charge in [-0.1, -0.05) is 221 Å². The fraction of sp³-hybridized carbons (Fsp3) is 0.938. The van der Waals surface area contributed by atoms with Crippen LogP contribution in [0, 0.1) is 11.8 Å². The van der Waals surface area contributed by atoms with Crippen LogP contribution in [0.3, 0.4) is 0 Å². The van der Waals surface area contributed by atoms with Gasteiger partial charge in [0, 0.05) is 19.3 Å². The highest BCUT2D eigenvalue weighted by atomic mass is 16.6. The van der Waals surface area contributed by atoms with Gasteiger partial charge in [-0.2, -0.15) is 0 Å². The predicted octanol–water partition coefficient (Wildman–Crippen LogP) is 15.0. The molecule has 0 N–H and O–H groups in total. The predicted molar refractivity (Wildman–Crippen MR) is 229 cm³/mol. The first-order chi connectivity index (χ1) is 26.2. The van der Waals surface area contributed by atoms with Crippen molar-refractivity contribution < 1.29 is 28.6 Å². The second-order valence-electron chi connectivity index (χ2n) is 17.3. The third-order valence-corrected chi connectivity index (χ3v) is 10.7. The fourth-order valence-electron chi connectivity index (χ4n) is 7.11. The molecule has 0 aliphatic rings. The summed E-state index contributed by atoms with van der Waals surface area (Å²) < 4.78 is 16.7. The normalized spacial score (nSPS) is 12.1. The molecule has 0 bridgehead atoms. The summed E-state index contributed by atoms with van der Waals surface area (Å²) in [5.74, 6) is 0.798. The number of ether oxygens (including phenoxy) is 3. The van der Waals surface area contributed by atoms with E-state index in [2.05, 4.69) is 34.6 Å². The van der Waals surface area contributed by atoms with E-state index in [1.807, 2.05) is 0 Å². The van der Waals surface area contributed by atoms with Crippen LogP contribution in [0.25, 0.3) is 0 Å². The molecule has 0 radical (unpaired) electrons. The van der Waals surface area contributed by atoms with Gasteiger partial charge in [-0.3, -0.25) is 14.4 Å². The molecule has 0 aliphatic heterocycles. The molecule has 0 aliphatic carbocycles. The Labute approximate surface area is 336 Å². The highest BCUT2D eigenvalue weighted by Gasteiger charge is 2.19. The first-order valence-electron chi connectivity index (χ1n) is 23.7. The zero-order chi connectivity index (χ0) is 39.7. The summed E-state index contributed by atoms with van der Waals surface area (Å²) in [6, 6.07) is 0. The van der Waals surface area contributed by atoms with Crippen molar-refractivity contribution in [3.8, 4) is 0 Å². The third kappa shape index (κ3) is 41.6. The Bertz CT molecular complexity index is 824. The highest BCUT2D eigenvalue weighted by molar-refractivity contribution is 5.71. The van der Waals surface area contributed by atoms with Crippen molar-refractivity contribution in [1.29, 1.82) is 0 Å². The monoisotopic (exact) mass is 765 g/mol. The van der Waals surface area contributed by atoms with Gasteiger partial charge in [-0.15, -0.1) is 0 Å². The molecule has 0 rings (SSSR count). The molecule has 0 heterocycles. The number of hydrogen-bond donors (Lipinski definition) is 0. The number of esters is 3. The minimum atomic E-state index is -0.759. The second kappa shape index (κ2) is 41.1. The summed E-state index contributed by atoms with van der Waals surface area (Å²) in [7, 11) is 0. The van der Waals surface area contributed by atoms with Gasteiger partial charge in [0.15, 0.2) is 6.10 Å². The molecule has 0 unspecified atom stereocenters. The Hall–Kier alpha value is -1.59. The molecule has 1 atom stereocenters. The zero-order valence-corrected chi connectivity index (χ0v) is 36.8. The van der Waals surface area contributed by atoms with E-state index in [0.29, 0.717) is 19.3 Å². The zero-order valence-electron chi connectivity index (χ0n) is 36.8. The van der Waals surface area contributed by atoms with E-state index >= 15 is 0 Å². The van der Waals surface area contributed by atoms with Gasteiger partial charge in [0.25, 0.3) is 0 Å². The van der Waals surface area contributed by atoms with Crippen LogP contribution in [0.15, 0.2) is 0 Å². The quantitative estimate of drug-likeness (QED) is 0.0350. The molecule has 0 saturated carbocycles. The van der Waals surface area contributed by atoms with Crippen molar-refractivity contribution in [2.45, 2.75) is 265 Å². The lowest BCUT2D eigenvalue weighted by atomic mass is 10.0. The summed E-state index contributed by atoms with van der Waals surface area (Å²) in [6.07, 6.45) is 39.5. The molecule has 0 fully saturated rings. The van der Waals surface area contributed by atoms with E-state index in [-0.39, 0.29) is 31.1 Å².